The average Bonchev–Trinajstić information content (AvgIpc) is 3.11. The van der Waals surface area contributed by atoms with Gasteiger partial charge in [-0.05, 0) is 37.3 Å². The molecule has 1 atom stereocenters. The maximum atomic E-state index is 12.3. The molecule has 2 aromatic carbocycles. The Morgan fingerprint density at radius 1 is 1.15 bits per heavy atom. The van der Waals surface area contributed by atoms with Crippen LogP contribution < -0.4 is 19.5 Å². The Labute approximate surface area is 165 Å². The van der Waals surface area contributed by atoms with Crippen LogP contribution in [0.25, 0.3) is 0 Å². The monoisotopic (exact) mass is 411 g/mol. The van der Waals surface area contributed by atoms with E-state index in [0.29, 0.717) is 28.0 Å². The number of carbonyl (C=O) groups excluding carboxylic acids is 2. The molecule has 1 aliphatic rings. The van der Waals surface area contributed by atoms with Crippen molar-refractivity contribution >= 4 is 40.8 Å². The summed E-state index contributed by atoms with van der Waals surface area (Å²) in [6.45, 7) is 1.48. The summed E-state index contributed by atoms with van der Waals surface area (Å²) in [4.78, 5) is 24.6. The molecule has 0 fully saturated rings. The van der Waals surface area contributed by atoms with Gasteiger partial charge in [-0.2, -0.15) is 0 Å². The van der Waals surface area contributed by atoms with Gasteiger partial charge in [-0.25, -0.2) is 4.79 Å². The van der Waals surface area contributed by atoms with Gasteiger partial charge in [-0.3, -0.25) is 4.79 Å². The fraction of sp³-hybridized carbons (Fsp3) is 0.222. The van der Waals surface area contributed by atoms with Gasteiger partial charge in [-0.15, -0.1) is 0 Å². The predicted octanol–water partition coefficient (Wildman–Crippen LogP) is 3.91. The van der Waals surface area contributed by atoms with Crippen LogP contribution in [-0.4, -0.2) is 31.9 Å². The number of carbonyl (C=O) groups is 2. The van der Waals surface area contributed by atoms with Crippen LogP contribution in [0.5, 0.6) is 17.2 Å². The summed E-state index contributed by atoms with van der Waals surface area (Å²) in [5.74, 6) is -0.0364. The maximum Gasteiger partial charge on any atom is 0.339 e. The van der Waals surface area contributed by atoms with E-state index >= 15 is 0 Å². The second-order valence-electron chi connectivity index (χ2n) is 5.58. The zero-order valence-corrected chi connectivity index (χ0v) is 15.9. The molecule has 0 radical (unpaired) electrons. The maximum absolute atomic E-state index is 12.3. The molecule has 7 nitrogen and oxygen atoms in total. The van der Waals surface area contributed by atoms with Crippen molar-refractivity contribution in [2.24, 2.45) is 0 Å². The molecule has 9 heteroatoms. The van der Waals surface area contributed by atoms with Crippen molar-refractivity contribution in [1.82, 2.24) is 0 Å². The Kier molecular flexibility index (Phi) is 5.62. The Balaban J connectivity index is 1.65. The van der Waals surface area contributed by atoms with Crippen molar-refractivity contribution in [3.8, 4) is 17.2 Å². The van der Waals surface area contributed by atoms with Crippen LogP contribution in [0.4, 0.5) is 5.69 Å². The molecule has 2 aromatic rings. The van der Waals surface area contributed by atoms with Crippen LogP contribution in [0, 0.1) is 0 Å². The number of hydrogen-bond donors (Lipinski definition) is 1. The normalized spacial score (nSPS) is 13.0. The van der Waals surface area contributed by atoms with E-state index in [1.165, 1.54) is 32.2 Å². The average molecular weight is 412 g/mol. The minimum absolute atomic E-state index is 0.0246. The number of fused-ring (bicyclic) bond motifs is 1. The fourth-order valence-electron chi connectivity index (χ4n) is 2.36. The smallest absolute Gasteiger partial charge is 0.339 e. The number of hydrogen-bond acceptors (Lipinski definition) is 6. The van der Waals surface area contributed by atoms with E-state index < -0.39 is 18.0 Å². The number of halogens is 2. The van der Waals surface area contributed by atoms with E-state index in [0.717, 1.165) is 0 Å². The standard InChI is InChI=1S/C18H15Cl2NO6/c1-9(17(22)21-11-3-4-14(24-2)12(19)7-11)27-18(23)10-5-13(20)16-15(6-10)25-8-26-16/h3-7,9H,8H2,1-2H3,(H,21,22)/t9-/m1/s1. The molecule has 1 aliphatic heterocycles. The number of anilines is 1. The molecule has 1 heterocycles. The molecule has 0 aliphatic carbocycles. The van der Waals surface area contributed by atoms with Crippen molar-refractivity contribution in [2.45, 2.75) is 13.0 Å². The lowest BCUT2D eigenvalue weighted by molar-refractivity contribution is -0.123. The Bertz CT molecular complexity index is 902. The number of methoxy groups -OCH3 is 1. The van der Waals surface area contributed by atoms with Crippen LogP contribution in [0.15, 0.2) is 30.3 Å². The topological polar surface area (TPSA) is 83.1 Å². The summed E-state index contributed by atoms with van der Waals surface area (Å²) < 4.78 is 20.6. The molecule has 0 saturated heterocycles. The van der Waals surface area contributed by atoms with Crippen molar-refractivity contribution < 1.29 is 28.5 Å². The number of nitrogens with one attached hydrogen (secondary N) is 1. The number of benzene rings is 2. The van der Waals surface area contributed by atoms with Crippen LogP contribution >= 0.6 is 23.2 Å². The molecule has 0 saturated carbocycles. The van der Waals surface area contributed by atoms with Crippen LogP contribution in [0.3, 0.4) is 0 Å². The van der Waals surface area contributed by atoms with Gasteiger partial charge in [0.1, 0.15) is 5.75 Å². The van der Waals surface area contributed by atoms with E-state index in [1.807, 2.05) is 0 Å². The Morgan fingerprint density at radius 2 is 1.93 bits per heavy atom. The first-order valence-corrected chi connectivity index (χ1v) is 8.59. The van der Waals surface area contributed by atoms with Gasteiger partial charge in [0.15, 0.2) is 17.6 Å². The first-order valence-electron chi connectivity index (χ1n) is 7.83. The van der Waals surface area contributed by atoms with E-state index in [1.54, 1.807) is 12.1 Å². The minimum Gasteiger partial charge on any atom is -0.495 e. The van der Waals surface area contributed by atoms with E-state index in [9.17, 15) is 9.59 Å². The molecule has 3 rings (SSSR count). The minimum atomic E-state index is -1.05. The molecule has 1 N–H and O–H groups in total. The van der Waals surface area contributed by atoms with Crippen LogP contribution in [-0.2, 0) is 9.53 Å². The highest BCUT2D eigenvalue weighted by molar-refractivity contribution is 6.33. The molecule has 0 aromatic heterocycles. The third-order valence-corrected chi connectivity index (χ3v) is 4.31. The second kappa shape index (κ2) is 7.94. The highest BCUT2D eigenvalue weighted by Gasteiger charge is 2.24. The van der Waals surface area contributed by atoms with Gasteiger partial charge in [0.25, 0.3) is 5.91 Å². The Hall–Kier alpha value is -2.64. The molecule has 0 spiro atoms. The van der Waals surface area contributed by atoms with Crippen LogP contribution in [0.2, 0.25) is 10.0 Å². The molecule has 0 bridgehead atoms. The number of amides is 1. The van der Waals surface area contributed by atoms with Gasteiger partial charge >= 0.3 is 5.97 Å². The lowest BCUT2D eigenvalue weighted by atomic mass is 10.2. The van der Waals surface area contributed by atoms with Crippen molar-refractivity contribution in [3.63, 3.8) is 0 Å². The summed E-state index contributed by atoms with van der Waals surface area (Å²) in [6.07, 6.45) is -1.05. The third-order valence-electron chi connectivity index (χ3n) is 3.74. The zero-order valence-electron chi connectivity index (χ0n) is 14.4. The molecule has 142 valence electrons. The summed E-state index contributed by atoms with van der Waals surface area (Å²) in [6, 6.07) is 7.61. The van der Waals surface area contributed by atoms with Gasteiger partial charge in [0.2, 0.25) is 6.79 Å². The van der Waals surface area contributed by atoms with E-state index in [4.69, 9.17) is 42.1 Å². The van der Waals surface area contributed by atoms with E-state index in [-0.39, 0.29) is 17.4 Å². The first kappa shape index (κ1) is 19.1. The quantitative estimate of drug-likeness (QED) is 0.750. The van der Waals surface area contributed by atoms with Crippen molar-refractivity contribution in [2.75, 3.05) is 19.2 Å². The summed E-state index contributed by atoms with van der Waals surface area (Å²) in [7, 11) is 1.49. The van der Waals surface area contributed by atoms with E-state index in [2.05, 4.69) is 5.32 Å². The molecular weight excluding hydrogens is 397 g/mol. The van der Waals surface area contributed by atoms with Gasteiger partial charge in [0.05, 0.1) is 22.7 Å². The highest BCUT2D eigenvalue weighted by Crippen LogP contribution is 2.40. The van der Waals surface area contributed by atoms with Gasteiger partial charge in [0, 0.05) is 5.69 Å². The molecular formula is C18H15Cl2NO6. The number of esters is 1. The third kappa shape index (κ3) is 4.20. The molecule has 1 amide bonds. The fourth-order valence-corrected chi connectivity index (χ4v) is 2.88. The number of ether oxygens (including phenoxy) is 4. The van der Waals surface area contributed by atoms with Gasteiger partial charge in [-0.1, -0.05) is 23.2 Å². The summed E-state index contributed by atoms with van der Waals surface area (Å²) >= 11 is 12.1. The predicted molar refractivity (Wildman–Crippen MR) is 99.1 cm³/mol. The van der Waals surface area contributed by atoms with Crippen LogP contribution in [0.1, 0.15) is 17.3 Å². The summed E-state index contributed by atoms with van der Waals surface area (Å²) in [5.41, 5.74) is 0.594. The zero-order chi connectivity index (χ0) is 19.6. The summed E-state index contributed by atoms with van der Waals surface area (Å²) in [5, 5.41) is 3.18. The largest absolute Gasteiger partial charge is 0.495 e. The Morgan fingerprint density at radius 3 is 2.63 bits per heavy atom. The highest BCUT2D eigenvalue weighted by atomic mass is 35.5. The second-order valence-corrected chi connectivity index (χ2v) is 6.39. The lowest BCUT2D eigenvalue weighted by Gasteiger charge is -2.14. The van der Waals surface area contributed by atoms with Crippen molar-refractivity contribution in [3.05, 3.63) is 45.9 Å². The lowest BCUT2D eigenvalue weighted by Crippen LogP contribution is -2.30. The van der Waals surface area contributed by atoms with Crippen molar-refractivity contribution in [1.29, 1.82) is 0 Å². The first-order chi connectivity index (χ1) is 12.9. The molecule has 0 unspecified atom stereocenters. The van der Waals surface area contributed by atoms with Gasteiger partial charge < -0.3 is 24.3 Å². The number of rotatable bonds is 5. The SMILES string of the molecule is COc1ccc(NC(=O)[C@@H](C)OC(=O)c2cc(Cl)c3c(c2)OCO3)cc1Cl. The molecule has 27 heavy (non-hydrogen) atoms.